The molecule has 0 heterocycles. The first-order valence-corrected chi connectivity index (χ1v) is 45.2. The Morgan fingerprint density at radius 1 is 0.321 bits per heavy atom. The SMILES string of the molecule is CC/C=C\CC(=O)OCC(COP(=O)(O)OCCNC(=O)CC(=O)NCC(=O)CCC(=O)N(CC(=O)O)CC(=O)CCC(=O)NCC(=O)CCC(CCC(=O)CNC(=O)CCC(=O)CN(CC(=O)O)C(=O)CCC(=O)CN)(CCC(=O)CNC(=O)CCC(=O)CN(CC(=O)O)C(=O)CCC(=O)CN)CCC(=O)CNC(=O)CCC(=O)CN(CC(=O)O)C(=O)CCC(=O)CN)OC(=O)C/C=C\CC. The van der Waals surface area contributed by atoms with Gasteiger partial charge in [-0.15, -0.1) is 0 Å². The number of carbonyl (C=O) groups is 28. The molecule has 0 saturated heterocycles. The molecule has 10 amide bonds. The molecule has 0 radical (unpaired) electrons. The van der Waals surface area contributed by atoms with Crippen LogP contribution in [0.2, 0.25) is 0 Å². The monoisotopic (exact) mass is 1970 g/mol. The molecule has 0 rings (SSSR count). The van der Waals surface area contributed by atoms with Crippen LogP contribution >= 0.6 is 7.82 Å². The number of allylic oxidation sites excluding steroid dienone is 2. The first-order chi connectivity index (χ1) is 64.6. The molecule has 0 bridgehead atoms. The summed E-state index contributed by atoms with van der Waals surface area (Å²) in [6.07, 6.45) is -7.04. The van der Waals surface area contributed by atoms with Gasteiger partial charge in [-0.05, 0) is 43.9 Å². The van der Waals surface area contributed by atoms with Gasteiger partial charge in [0.15, 0.2) is 58.2 Å². The molecule has 51 nitrogen and oxygen atoms in total. The van der Waals surface area contributed by atoms with Crippen molar-refractivity contribution >= 4 is 172 Å². The average Bonchev–Trinajstić information content (AvgIpc) is 0.846. The van der Waals surface area contributed by atoms with E-state index in [0.717, 1.165) is 0 Å². The molecule has 0 aliphatic rings. The van der Waals surface area contributed by atoms with E-state index in [1.165, 1.54) is 6.08 Å². The number of carbonyl (C=O) groups excluding carboxylic acids is 24. The quantitative estimate of drug-likeness (QED) is 0.00909. The minimum atomic E-state index is -4.90. The Morgan fingerprint density at radius 2 is 0.591 bits per heavy atom. The van der Waals surface area contributed by atoms with E-state index in [1.54, 1.807) is 18.2 Å². The third kappa shape index (κ3) is 64.6. The van der Waals surface area contributed by atoms with Crippen LogP contribution in [0.25, 0.3) is 0 Å². The third-order valence-corrected chi connectivity index (χ3v) is 20.5. The van der Waals surface area contributed by atoms with E-state index in [0.29, 0.717) is 32.4 Å². The lowest BCUT2D eigenvalue weighted by atomic mass is 9.70. The van der Waals surface area contributed by atoms with E-state index in [2.05, 4.69) is 31.9 Å². The average molecular weight is 1970 g/mol. The maximum atomic E-state index is 13.9. The van der Waals surface area contributed by atoms with Crippen molar-refractivity contribution in [2.75, 3.05) is 131 Å². The fraction of sp³-hybridized carbons (Fsp3) is 0.624. The summed E-state index contributed by atoms with van der Waals surface area (Å²) in [5.74, 6) is -25.7. The van der Waals surface area contributed by atoms with Crippen molar-refractivity contribution in [3.05, 3.63) is 24.3 Å². The Balaban J connectivity index is 6.70. The van der Waals surface area contributed by atoms with E-state index in [-0.39, 0.29) is 57.8 Å². The second-order valence-corrected chi connectivity index (χ2v) is 32.6. The number of carboxylic acids is 4. The van der Waals surface area contributed by atoms with Crippen LogP contribution in [0.5, 0.6) is 0 Å². The topological polar surface area (TPSA) is 796 Å². The molecule has 137 heavy (non-hydrogen) atoms. The van der Waals surface area contributed by atoms with Crippen LogP contribution in [0.3, 0.4) is 0 Å². The van der Waals surface area contributed by atoms with Gasteiger partial charge in [0.25, 0.3) is 0 Å². The molecule has 0 saturated carbocycles. The Hall–Kier alpha value is -13.0. The highest BCUT2D eigenvalue weighted by Crippen LogP contribution is 2.43. The highest BCUT2D eigenvalue weighted by Gasteiger charge is 2.35. The number of amides is 10. The Labute approximate surface area is 787 Å². The highest BCUT2D eigenvalue weighted by atomic mass is 31.2. The van der Waals surface area contributed by atoms with E-state index < -0.39 is 430 Å². The molecule has 0 aliphatic carbocycles. The van der Waals surface area contributed by atoms with Crippen LogP contribution < -0.4 is 49.1 Å². The van der Waals surface area contributed by atoms with Gasteiger partial charge in [0.2, 0.25) is 59.1 Å². The molecule has 0 aliphatic heterocycles. The van der Waals surface area contributed by atoms with Crippen molar-refractivity contribution in [2.24, 2.45) is 22.6 Å². The van der Waals surface area contributed by atoms with Crippen molar-refractivity contribution in [3.63, 3.8) is 0 Å². The molecule has 0 aromatic carbocycles. The number of carboxylic acid groups (broad SMARTS) is 4. The number of esters is 2. The van der Waals surface area contributed by atoms with Crippen LogP contribution in [0, 0.1) is 5.41 Å². The van der Waals surface area contributed by atoms with Crippen LogP contribution in [-0.4, -0.2) is 346 Å². The molecular formula is C85H126N13O38P. The Kier molecular flexibility index (Phi) is 64.0. The predicted octanol–water partition coefficient (Wildman–Crippen LogP) is -3.92. The maximum Gasteiger partial charge on any atom is 0.472 e. The van der Waals surface area contributed by atoms with Gasteiger partial charge in [0.05, 0.1) is 105 Å². The molecule has 0 fully saturated rings. The lowest BCUT2D eigenvalue weighted by molar-refractivity contribution is -0.160. The van der Waals surface area contributed by atoms with Crippen molar-refractivity contribution in [1.82, 2.24) is 51.5 Å². The maximum absolute atomic E-state index is 13.9. The number of phosphoric acid groups is 1. The molecule has 0 spiro atoms. The minimum absolute atomic E-state index is 0.104. The van der Waals surface area contributed by atoms with Gasteiger partial charge in [0.1, 0.15) is 56.6 Å². The number of hydrogen-bond donors (Lipinski definition) is 14. The number of hydrogen-bond acceptors (Lipinski definition) is 36. The molecule has 0 aromatic rings. The second kappa shape index (κ2) is 70.7. The largest absolute Gasteiger partial charge is 0.480 e. The van der Waals surface area contributed by atoms with Gasteiger partial charge < -0.3 is 103 Å². The summed E-state index contributed by atoms with van der Waals surface area (Å²) in [6, 6.07) is 0. The fourth-order valence-corrected chi connectivity index (χ4v) is 12.7. The predicted molar refractivity (Wildman–Crippen MR) is 471 cm³/mol. The second-order valence-electron chi connectivity index (χ2n) is 31.1. The molecule has 52 heteroatoms. The summed E-state index contributed by atoms with van der Waals surface area (Å²) in [6.45, 7) is -11.0. The van der Waals surface area contributed by atoms with Crippen LogP contribution in [0.15, 0.2) is 24.3 Å². The normalized spacial score (nSPS) is 11.7. The number of nitrogens with zero attached hydrogens (tertiary/aromatic N) is 4. The zero-order chi connectivity index (χ0) is 104. The third-order valence-electron chi connectivity index (χ3n) is 19.5. The van der Waals surface area contributed by atoms with Crippen molar-refractivity contribution < 1.29 is 183 Å². The van der Waals surface area contributed by atoms with E-state index in [1.807, 2.05) is 13.8 Å². The summed E-state index contributed by atoms with van der Waals surface area (Å²) in [5.41, 5.74) is 14.3. The lowest BCUT2D eigenvalue weighted by Gasteiger charge is -2.34. The number of nitrogens with two attached hydrogens (primary N) is 3. The minimum Gasteiger partial charge on any atom is -0.480 e. The zero-order valence-corrected chi connectivity index (χ0v) is 77.6. The first kappa shape index (κ1) is 124. The zero-order valence-electron chi connectivity index (χ0n) is 76.7. The number of rotatable bonds is 83. The molecular weight excluding hydrogens is 1840 g/mol. The standard InChI is InChI=1S/C85H126N13O38P/c1-3-5-7-9-83(129)133-54-68(136-84(130)10-8-6-4-2)55-135-137(131,132)134-36-35-89-73(115)37-74(116)94-41-59(102)18-26-78(120)98(53-82(127)128)49-67(110)14-22-72(114)93-45-63(106)30-34-85(31-27-60(103)42-90-69(111)19-11-64(107)46-95(50-79(121)122)75(117)23-15-56(99)38-86,32-28-61(104)43-91-70(112)20-12-65(108)47-96(51-80(123)124)76(118)24-16-57(100)39-87)33-29-62(105)44-92-71(113)21-13-66(109)48-97(52-81(125)126)77(119)25-17-58(101)40-88/h5-8,68H,3-4,9-55,86-88H2,1-2H3,(H,89,115)(H,90,111)(H,91,112)(H,92,113)(H,93,114)(H,94,116)(H,121,122)(H,123,124)(H,125,126)(H,127,128)(H,131,132)/b7-5-,8-6-. The van der Waals surface area contributed by atoms with Gasteiger partial charge in [-0.1, -0.05) is 38.2 Å². The smallest absolute Gasteiger partial charge is 0.472 e. The van der Waals surface area contributed by atoms with E-state index in [4.69, 9.17) is 35.7 Å². The summed E-state index contributed by atoms with van der Waals surface area (Å²) < 4.78 is 32.7. The number of nitrogens with one attached hydrogen (secondary N) is 6. The molecule has 0 aromatic heterocycles. The number of aliphatic carboxylic acids is 4. The van der Waals surface area contributed by atoms with Gasteiger partial charge in [-0.25, -0.2) is 4.57 Å². The van der Waals surface area contributed by atoms with Gasteiger partial charge >= 0.3 is 43.6 Å². The van der Waals surface area contributed by atoms with Crippen molar-refractivity contribution in [1.29, 1.82) is 0 Å². The molecule has 2 atom stereocenters. The number of ketones is 12. The van der Waals surface area contributed by atoms with Crippen molar-refractivity contribution in [3.8, 4) is 0 Å². The highest BCUT2D eigenvalue weighted by molar-refractivity contribution is 7.47. The number of ether oxygens (including phenoxy) is 2. The van der Waals surface area contributed by atoms with Gasteiger partial charge in [-0.2, -0.15) is 0 Å². The van der Waals surface area contributed by atoms with E-state index >= 15 is 0 Å². The molecule has 2 unspecified atom stereocenters. The van der Waals surface area contributed by atoms with Gasteiger partial charge in [0, 0.05) is 135 Å². The van der Waals surface area contributed by atoms with Crippen molar-refractivity contribution in [2.45, 2.75) is 206 Å². The summed E-state index contributed by atoms with van der Waals surface area (Å²) in [4.78, 5) is 368. The van der Waals surface area contributed by atoms with Crippen LogP contribution in [0.4, 0.5) is 0 Å². The number of Topliss-reactive ketones (excluding diaryl/α,β-unsaturated/α-hetero) is 12. The Bertz CT molecular complexity index is 4120. The Morgan fingerprint density at radius 3 is 0.883 bits per heavy atom. The lowest BCUT2D eigenvalue weighted by Crippen LogP contribution is -2.40. The summed E-state index contributed by atoms with van der Waals surface area (Å²) in [5, 5.41) is 51.3. The first-order valence-electron chi connectivity index (χ1n) is 43.7. The van der Waals surface area contributed by atoms with Crippen LogP contribution in [-0.2, 0) is 157 Å². The number of phosphoric ester groups is 1. The fourth-order valence-electron chi connectivity index (χ4n) is 12.0. The van der Waals surface area contributed by atoms with E-state index in [9.17, 15) is 164 Å². The molecule has 17 N–H and O–H groups in total. The molecule has 764 valence electrons. The summed E-state index contributed by atoms with van der Waals surface area (Å²) >= 11 is 0. The van der Waals surface area contributed by atoms with Crippen LogP contribution in [0.1, 0.15) is 200 Å². The van der Waals surface area contributed by atoms with Gasteiger partial charge in [-0.3, -0.25) is 143 Å². The summed E-state index contributed by atoms with van der Waals surface area (Å²) in [7, 11) is -4.90.